The van der Waals surface area contributed by atoms with Crippen LogP contribution in [0.25, 0.3) is 0 Å². The summed E-state index contributed by atoms with van der Waals surface area (Å²) in [6.07, 6.45) is 0. The van der Waals surface area contributed by atoms with Crippen LogP contribution in [-0.2, 0) is 22.4 Å². The first-order valence-electron chi connectivity index (χ1n) is 10.6. The molecule has 0 heterocycles. The van der Waals surface area contributed by atoms with Gasteiger partial charge in [0.05, 0.1) is 18.8 Å². The van der Waals surface area contributed by atoms with Gasteiger partial charge in [-0.25, -0.2) is 4.79 Å². The van der Waals surface area contributed by atoms with E-state index in [1.165, 1.54) is 0 Å². The molecule has 0 spiro atoms. The highest BCUT2D eigenvalue weighted by molar-refractivity contribution is 6.74. The first kappa shape index (κ1) is 24.2. The molecule has 0 atom stereocenters. The van der Waals surface area contributed by atoms with Crippen molar-refractivity contribution < 1.29 is 18.7 Å². The molecule has 0 aromatic heterocycles. The smallest absolute Gasteiger partial charge is 0.338 e. The lowest BCUT2D eigenvalue weighted by atomic mass is 10.1. The van der Waals surface area contributed by atoms with E-state index in [2.05, 4.69) is 33.9 Å². The fourth-order valence-corrected chi connectivity index (χ4v) is 3.45. The number of benzene rings is 2. The summed E-state index contributed by atoms with van der Waals surface area (Å²) >= 11 is 0. The zero-order valence-corrected chi connectivity index (χ0v) is 20.5. The van der Waals surface area contributed by atoms with Crippen LogP contribution < -0.4 is 4.74 Å². The van der Waals surface area contributed by atoms with Crippen LogP contribution in [0.3, 0.4) is 0 Å². The number of carbonyl (C=O) groups is 1. The Hall–Kier alpha value is -2.11. The molecule has 5 heteroatoms. The van der Waals surface area contributed by atoms with Crippen molar-refractivity contribution in [3.8, 4) is 5.75 Å². The zero-order valence-electron chi connectivity index (χ0n) is 19.5. The molecule has 0 aliphatic heterocycles. The lowest BCUT2D eigenvalue weighted by Gasteiger charge is -2.36. The molecule has 0 aliphatic rings. The van der Waals surface area contributed by atoms with E-state index in [0.29, 0.717) is 31.1 Å². The van der Waals surface area contributed by atoms with Gasteiger partial charge >= 0.3 is 5.97 Å². The third-order valence-corrected chi connectivity index (χ3v) is 9.97. The molecule has 0 fully saturated rings. The van der Waals surface area contributed by atoms with Crippen molar-refractivity contribution in [3.63, 3.8) is 0 Å². The van der Waals surface area contributed by atoms with Crippen molar-refractivity contribution in [2.75, 3.05) is 6.61 Å². The van der Waals surface area contributed by atoms with E-state index in [9.17, 15) is 4.79 Å². The summed E-state index contributed by atoms with van der Waals surface area (Å²) in [7, 11) is -1.94. The molecular formula is C25H36O4Si. The van der Waals surface area contributed by atoms with Crippen LogP contribution in [0, 0.1) is 5.92 Å². The fourth-order valence-electron chi connectivity index (χ4n) is 2.50. The van der Waals surface area contributed by atoms with E-state index in [0.717, 1.165) is 11.1 Å². The van der Waals surface area contributed by atoms with Gasteiger partial charge in [0.2, 0.25) is 0 Å². The van der Waals surface area contributed by atoms with Crippen molar-refractivity contribution in [3.05, 3.63) is 65.2 Å². The van der Waals surface area contributed by atoms with Crippen LogP contribution in [-0.4, -0.2) is 20.9 Å². The Balaban J connectivity index is 2.21. The van der Waals surface area contributed by atoms with Crippen LogP contribution >= 0.6 is 0 Å². The molecule has 0 unspecified atom stereocenters. The molecule has 2 aromatic rings. The second kappa shape index (κ2) is 10.3. The van der Waals surface area contributed by atoms with E-state index in [-0.39, 0.29) is 16.9 Å². The fraction of sp³-hybridized carbons (Fsp3) is 0.480. The number of ether oxygens (including phenoxy) is 2. The quantitative estimate of drug-likeness (QED) is 0.333. The van der Waals surface area contributed by atoms with Gasteiger partial charge in [0.15, 0.2) is 8.32 Å². The van der Waals surface area contributed by atoms with Crippen LogP contribution in [0.5, 0.6) is 5.75 Å². The summed E-state index contributed by atoms with van der Waals surface area (Å²) in [5.41, 5.74) is 2.42. The van der Waals surface area contributed by atoms with Crippen molar-refractivity contribution >= 4 is 14.3 Å². The summed E-state index contributed by atoms with van der Waals surface area (Å²) in [5.74, 6) is 0.590. The predicted molar refractivity (Wildman–Crippen MR) is 124 cm³/mol. The van der Waals surface area contributed by atoms with Crippen LogP contribution in [0.4, 0.5) is 0 Å². The Morgan fingerprint density at radius 3 is 2.27 bits per heavy atom. The average Bonchev–Trinajstić information content (AvgIpc) is 2.69. The van der Waals surface area contributed by atoms with E-state index >= 15 is 0 Å². The van der Waals surface area contributed by atoms with Gasteiger partial charge in [-0.3, -0.25) is 0 Å². The van der Waals surface area contributed by atoms with Crippen LogP contribution in [0.1, 0.15) is 56.1 Å². The van der Waals surface area contributed by atoms with E-state index in [4.69, 9.17) is 13.9 Å². The Morgan fingerprint density at radius 1 is 1.00 bits per heavy atom. The standard InChI is InChI=1S/C25H36O4Si/c1-19(2)16-28-24(26)23-15-22(27-17-20-11-9-8-10-12-20)14-13-21(23)18-29-30(6,7)25(3,4)5/h8-15,19H,16-18H2,1-7H3. The minimum Gasteiger partial charge on any atom is -0.489 e. The third-order valence-electron chi connectivity index (χ3n) is 5.49. The summed E-state index contributed by atoms with van der Waals surface area (Å²) in [6, 6.07) is 15.5. The molecule has 0 saturated carbocycles. The number of rotatable bonds is 9. The van der Waals surface area contributed by atoms with Crippen molar-refractivity contribution in [2.45, 2.75) is 66.0 Å². The molecule has 0 saturated heterocycles. The largest absolute Gasteiger partial charge is 0.489 e. The lowest BCUT2D eigenvalue weighted by molar-refractivity contribution is 0.0455. The highest BCUT2D eigenvalue weighted by atomic mass is 28.4. The minimum absolute atomic E-state index is 0.101. The molecule has 30 heavy (non-hydrogen) atoms. The maximum atomic E-state index is 12.8. The second-order valence-corrected chi connectivity index (χ2v) is 14.4. The Kier molecular flexibility index (Phi) is 8.27. The van der Waals surface area contributed by atoms with Gasteiger partial charge in [-0.2, -0.15) is 0 Å². The van der Waals surface area contributed by atoms with E-state index < -0.39 is 8.32 Å². The average molecular weight is 429 g/mol. The van der Waals surface area contributed by atoms with Crippen LogP contribution in [0.15, 0.2) is 48.5 Å². The third kappa shape index (κ3) is 6.99. The van der Waals surface area contributed by atoms with Gasteiger partial charge in [0.25, 0.3) is 0 Å². The Bertz CT molecular complexity index is 823. The van der Waals surface area contributed by atoms with Gasteiger partial charge in [-0.05, 0) is 47.3 Å². The number of esters is 1. The highest BCUT2D eigenvalue weighted by Crippen LogP contribution is 2.37. The van der Waals surface area contributed by atoms with Gasteiger partial charge in [-0.1, -0.05) is 71.0 Å². The van der Waals surface area contributed by atoms with Crippen molar-refractivity contribution in [2.24, 2.45) is 5.92 Å². The first-order chi connectivity index (χ1) is 14.0. The topological polar surface area (TPSA) is 44.8 Å². The van der Waals surface area contributed by atoms with Crippen molar-refractivity contribution in [1.29, 1.82) is 0 Å². The number of hydrogen-bond donors (Lipinski definition) is 0. The van der Waals surface area contributed by atoms with Gasteiger partial charge in [0, 0.05) is 0 Å². The molecule has 2 rings (SSSR count). The predicted octanol–water partition coefficient (Wildman–Crippen LogP) is 6.60. The number of hydrogen-bond acceptors (Lipinski definition) is 4. The molecular weight excluding hydrogens is 392 g/mol. The zero-order chi connectivity index (χ0) is 22.4. The second-order valence-electron chi connectivity index (χ2n) is 9.63. The van der Waals surface area contributed by atoms with Crippen molar-refractivity contribution in [1.82, 2.24) is 0 Å². The highest BCUT2D eigenvalue weighted by Gasteiger charge is 2.37. The van der Waals surface area contributed by atoms with Gasteiger partial charge in [0.1, 0.15) is 12.4 Å². The maximum Gasteiger partial charge on any atom is 0.338 e. The minimum atomic E-state index is -1.94. The van der Waals surface area contributed by atoms with Gasteiger partial charge < -0.3 is 13.9 Å². The van der Waals surface area contributed by atoms with E-state index in [1.54, 1.807) is 6.07 Å². The molecule has 0 bridgehead atoms. The monoisotopic (exact) mass is 428 g/mol. The Labute approximate surface area is 182 Å². The normalized spacial score (nSPS) is 12.1. The summed E-state index contributed by atoms with van der Waals surface area (Å²) < 4.78 is 17.8. The summed E-state index contributed by atoms with van der Waals surface area (Å²) in [6.45, 7) is 16.3. The molecule has 0 amide bonds. The lowest BCUT2D eigenvalue weighted by Crippen LogP contribution is -2.40. The number of carbonyl (C=O) groups excluding carboxylic acids is 1. The first-order valence-corrected chi connectivity index (χ1v) is 13.5. The SMILES string of the molecule is CC(C)COC(=O)c1cc(OCc2ccccc2)ccc1CO[Si](C)(C)C(C)(C)C. The molecule has 4 nitrogen and oxygen atoms in total. The summed E-state index contributed by atoms with van der Waals surface area (Å²) in [5, 5.41) is 0.101. The Morgan fingerprint density at radius 2 is 1.67 bits per heavy atom. The van der Waals surface area contributed by atoms with E-state index in [1.807, 2.05) is 56.3 Å². The molecule has 0 radical (unpaired) electrons. The molecule has 0 N–H and O–H groups in total. The molecule has 164 valence electrons. The summed E-state index contributed by atoms with van der Waals surface area (Å²) in [4.78, 5) is 12.8. The van der Waals surface area contributed by atoms with Crippen LogP contribution in [0.2, 0.25) is 18.1 Å². The molecule has 0 aliphatic carbocycles. The maximum absolute atomic E-state index is 12.8. The molecule has 2 aromatic carbocycles. The van der Waals surface area contributed by atoms with Gasteiger partial charge in [-0.15, -0.1) is 0 Å².